The van der Waals surface area contributed by atoms with Crippen LogP contribution in [0.5, 0.6) is 0 Å². The minimum atomic E-state index is -0.190. The zero-order chi connectivity index (χ0) is 15.6. The number of halogens is 1. The van der Waals surface area contributed by atoms with Crippen molar-refractivity contribution in [1.82, 2.24) is 19.2 Å². The third-order valence-electron chi connectivity index (χ3n) is 3.01. The van der Waals surface area contributed by atoms with Gasteiger partial charge in [-0.3, -0.25) is 18.9 Å². The number of likely N-dealkylation sites (N-methyl/N-ethyl adjacent to an activating group) is 2. The lowest BCUT2D eigenvalue weighted by Crippen LogP contribution is -2.34. The van der Waals surface area contributed by atoms with Crippen molar-refractivity contribution in [3.63, 3.8) is 0 Å². The Kier molecular flexibility index (Phi) is 4.59. The maximum atomic E-state index is 12.0. The van der Waals surface area contributed by atoms with Gasteiger partial charge in [0.05, 0.1) is 17.3 Å². The van der Waals surface area contributed by atoms with Gasteiger partial charge < -0.3 is 4.90 Å². The molecule has 0 aliphatic rings. The van der Waals surface area contributed by atoms with Gasteiger partial charge in [0.25, 0.3) is 5.56 Å². The highest BCUT2D eigenvalue weighted by Crippen LogP contribution is 2.09. The average molecular weight is 309 g/mol. The minimum Gasteiger partial charge on any atom is -0.348 e. The molecule has 2 aromatic rings. The number of fused-ring (bicyclic) bond motifs is 1. The lowest BCUT2D eigenvalue weighted by Gasteiger charge is -2.18. The molecule has 1 amide bonds. The van der Waals surface area contributed by atoms with E-state index in [1.54, 1.807) is 26.2 Å². The third kappa shape index (κ3) is 3.80. The highest BCUT2D eigenvalue weighted by atomic mass is 35.5. The van der Waals surface area contributed by atoms with Crippen LogP contribution >= 0.6 is 11.6 Å². The Labute approximate surface area is 127 Å². The van der Waals surface area contributed by atoms with Gasteiger partial charge in [-0.1, -0.05) is 11.6 Å². The molecule has 0 radical (unpaired) electrons. The first-order valence-electron chi connectivity index (χ1n) is 6.43. The first-order valence-corrected chi connectivity index (χ1v) is 6.81. The van der Waals surface area contributed by atoms with Gasteiger partial charge in [0, 0.05) is 32.9 Å². The maximum absolute atomic E-state index is 12.0. The van der Waals surface area contributed by atoms with Crippen molar-refractivity contribution in [2.24, 2.45) is 0 Å². The third-order valence-corrected chi connectivity index (χ3v) is 3.24. The monoisotopic (exact) mass is 308 g/mol. The topological polar surface area (TPSA) is 57.9 Å². The van der Waals surface area contributed by atoms with E-state index in [-0.39, 0.29) is 18.0 Å². The van der Waals surface area contributed by atoms with Crippen LogP contribution in [0.1, 0.15) is 5.69 Å². The van der Waals surface area contributed by atoms with E-state index >= 15 is 0 Å². The molecule has 0 aliphatic heterocycles. The fourth-order valence-corrected chi connectivity index (χ4v) is 2.07. The molecule has 2 rings (SSSR count). The SMILES string of the molecule is CN(CC(=O)N(C)C)Cc1cc(=O)n2cc(Cl)ccc2n1. The summed E-state index contributed by atoms with van der Waals surface area (Å²) in [7, 11) is 5.23. The van der Waals surface area contributed by atoms with Crippen molar-refractivity contribution >= 4 is 23.2 Å². The molecule has 21 heavy (non-hydrogen) atoms. The molecule has 2 aromatic heterocycles. The summed E-state index contributed by atoms with van der Waals surface area (Å²) in [5.41, 5.74) is 0.968. The normalized spacial score (nSPS) is 11.1. The molecule has 0 aromatic carbocycles. The molecule has 7 heteroatoms. The number of rotatable bonds is 4. The molecule has 0 aliphatic carbocycles. The van der Waals surface area contributed by atoms with Gasteiger partial charge in [-0.2, -0.15) is 0 Å². The smallest absolute Gasteiger partial charge is 0.258 e. The Morgan fingerprint density at radius 3 is 2.71 bits per heavy atom. The lowest BCUT2D eigenvalue weighted by molar-refractivity contribution is -0.129. The largest absolute Gasteiger partial charge is 0.348 e. The number of pyridine rings is 1. The Morgan fingerprint density at radius 2 is 2.05 bits per heavy atom. The first-order chi connectivity index (χ1) is 9.86. The molecule has 0 N–H and O–H groups in total. The number of amides is 1. The second-order valence-corrected chi connectivity index (χ2v) is 5.56. The second-order valence-electron chi connectivity index (χ2n) is 5.12. The van der Waals surface area contributed by atoms with Crippen LogP contribution in [0.15, 0.2) is 29.2 Å². The lowest BCUT2D eigenvalue weighted by atomic mass is 10.3. The molecule has 0 saturated heterocycles. The summed E-state index contributed by atoms with van der Waals surface area (Å²) in [5.74, 6) is 0.00166. The maximum Gasteiger partial charge on any atom is 0.258 e. The van der Waals surface area contributed by atoms with Crippen molar-refractivity contribution < 1.29 is 4.79 Å². The van der Waals surface area contributed by atoms with E-state index in [1.807, 2.05) is 11.9 Å². The quantitative estimate of drug-likeness (QED) is 0.841. The second kappa shape index (κ2) is 6.24. The van der Waals surface area contributed by atoms with Crippen LogP contribution in [0.3, 0.4) is 0 Å². The summed E-state index contributed by atoms with van der Waals surface area (Å²) >= 11 is 5.86. The molecular formula is C14H17ClN4O2. The number of hydrogen-bond donors (Lipinski definition) is 0. The Bertz CT molecular complexity index is 726. The molecule has 0 unspecified atom stereocenters. The average Bonchev–Trinajstić information content (AvgIpc) is 2.39. The van der Waals surface area contributed by atoms with Crippen LogP contribution in [-0.4, -0.2) is 52.8 Å². The van der Waals surface area contributed by atoms with Gasteiger partial charge in [0.15, 0.2) is 0 Å². The Hall–Kier alpha value is -1.92. The van der Waals surface area contributed by atoms with E-state index in [0.717, 1.165) is 0 Å². The van der Waals surface area contributed by atoms with Crippen molar-refractivity contribution in [2.75, 3.05) is 27.7 Å². The van der Waals surface area contributed by atoms with E-state index in [1.165, 1.54) is 21.6 Å². The van der Waals surface area contributed by atoms with Crippen LogP contribution in [0.25, 0.3) is 5.65 Å². The zero-order valence-corrected chi connectivity index (χ0v) is 13.0. The molecule has 112 valence electrons. The zero-order valence-electron chi connectivity index (χ0n) is 12.2. The van der Waals surface area contributed by atoms with Crippen LogP contribution in [0.4, 0.5) is 0 Å². The van der Waals surface area contributed by atoms with Gasteiger partial charge in [0.1, 0.15) is 5.65 Å². The first kappa shape index (κ1) is 15.5. The number of carbonyl (C=O) groups excluding carboxylic acids is 1. The fourth-order valence-electron chi connectivity index (χ4n) is 1.91. The van der Waals surface area contributed by atoms with Gasteiger partial charge in [-0.15, -0.1) is 0 Å². The minimum absolute atomic E-state index is 0.00166. The van der Waals surface area contributed by atoms with E-state index in [4.69, 9.17) is 11.6 Å². The number of nitrogens with zero attached hydrogens (tertiary/aromatic N) is 4. The molecule has 6 nitrogen and oxygen atoms in total. The molecule has 0 bridgehead atoms. The number of hydrogen-bond acceptors (Lipinski definition) is 4. The molecule has 2 heterocycles. The van der Waals surface area contributed by atoms with E-state index in [9.17, 15) is 9.59 Å². The Balaban J connectivity index is 2.21. The fraction of sp³-hybridized carbons (Fsp3) is 0.357. The highest BCUT2D eigenvalue weighted by Gasteiger charge is 2.10. The summed E-state index contributed by atoms with van der Waals surface area (Å²) in [4.78, 5) is 31.4. The van der Waals surface area contributed by atoms with Crippen molar-refractivity contribution in [3.8, 4) is 0 Å². The van der Waals surface area contributed by atoms with Crippen molar-refractivity contribution in [2.45, 2.75) is 6.54 Å². The molecular weight excluding hydrogens is 292 g/mol. The molecule has 0 saturated carbocycles. The Morgan fingerprint density at radius 1 is 1.33 bits per heavy atom. The summed E-state index contributed by atoms with van der Waals surface area (Å²) in [6, 6.07) is 4.84. The van der Waals surface area contributed by atoms with Gasteiger partial charge in [0.2, 0.25) is 5.91 Å². The summed E-state index contributed by atoms with van der Waals surface area (Å²) in [6.45, 7) is 0.697. The number of carbonyl (C=O) groups is 1. The van der Waals surface area contributed by atoms with E-state index in [2.05, 4.69) is 4.98 Å². The van der Waals surface area contributed by atoms with Crippen LogP contribution < -0.4 is 5.56 Å². The van der Waals surface area contributed by atoms with Crippen LogP contribution in [-0.2, 0) is 11.3 Å². The highest BCUT2D eigenvalue weighted by molar-refractivity contribution is 6.30. The molecule has 0 atom stereocenters. The van der Waals surface area contributed by atoms with Gasteiger partial charge in [-0.25, -0.2) is 4.98 Å². The van der Waals surface area contributed by atoms with Crippen LogP contribution in [0.2, 0.25) is 5.02 Å². The standard InChI is InChI=1S/C14H17ClN4O2/c1-17(2)14(21)9-18(3)8-11-6-13(20)19-7-10(15)4-5-12(19)16-11/h4-7H,8-9H2,1-3H3. The van der Waals surface area contributed by atoms with E-state index < -0.39 is 0 Å². The van der Waals surface area contributed by atoms with Crippen LogP contribution in [0, 0.1) is 0 Å². The molecule has 0 spiro atoms. The summed E-state index contributed by atoms with van der Waals surface area (Å²) in [6.07, 6.45) is 1.54. The van der Waals surface area contributed by atoms with Crippen molar-refractivity contribution in [3.05, 3.63) is 45.5 Å². The number of aromatic nitrogens is 2. The molecule has 0 fully saturated rings. The predicted octanol–water partition coefficient (Wildman–Crippen LogP) is 0.868. The van der Waals surface area contributed by atoms with E-state index in [0.29, 0.717) is 22.9 Å². The summed E-state index contributed by atoms with van der Waals surface area (Å²) in [5, 5.41) is 0.479. The van der Waals surface area contributed by atoms with Crippen molar-refractivity contribution in [1.29, 1.82) is 0 Å². The van der Waals surface area contributed by atoms with Gasteiger partial charge >= 0.3 is 0 Å². The predicted molar refractivity (Wildman–Crippen MR) is 81.5 cm³/mol. The summed E-state index contributed by atoms with van der Waals surface area (Å²) < 4.78 is 1.40. The van der Waals surface area contributed by atoms with Gasteiger partial charge in [-0.05, 0) is 19.2 Å².